The number of nitrogens with one attached hydrogen (secondary N) is 12. The number of H-pyrrole nitrogens is 3. The standard InChI is InChI=1S/C92H129N21O18S/c1-10-12-30-72-76(116)42-56(25-21-35-98-92(95)96)83(123)108-71(75(115)33-34-78(93)118)50-132-51-81(121)103-67(38-55-23-15-14-16-24-55)88(128)110(7)54(5)82(122)104-69(44-79(94)119)90(130)113-36-22-32-73(113)77(117)43-57(39-60-47-97-52-101-60)84(124)105-66(37-53(3)4)87(127)109(6)48-80(120)102-65(40-58-45-99-63-28-19-17-26-61(58)63)85(125)107-70(49-114)86(126)106-68(41-59-46-100-64-29-20-18-27-62(59)64)89(129)112(9)74(31-13-11-2)91(131)111(72)8/h14-20,23-24,26-29,45-47,52-54,56-57,65-74,99-100,114H,10-13,21-22,25,30-44,48-51H2,1-9H3,(H2,93,118)(H2,94,119)(H,97,101)(H,102,120)(H,103,121)(H,104,122)(H,105,124)(H,106,126)(H,107,125)(H,108,123)(H4,95,96,98)/t54-,56+,57+,65-,66-,67-,68-,69-,70-,71-,72-,73-,74-/m0/s1. The number of Topliss-reactive ketones (excluding diaryl/α,β-unsaturated/α-hetero) is 3. The number of guanidine groups is 1. The molecule has 40 heteroatoms. The van der Waals surface area contributed by atoms with Gasteiger partial charge in [-0.15, -0.1) is 11.8 Å². The number of aliphatic hydroxyl groups excluding tert-OH is 1. The fraction of sp³-hybridized carbons (Fsp3) is 0.533. The molecule has 13 atom stereocenters. The van der Waals surface area contributed by atoms with Crippen LogP contribution in [0.1, 0.15) is 160 Å². The summed E-state index contributed by atoms with van der Waals surface area (Å²) < 4.78 is 0. The second-order valence-electron chi connectivity index (χ2n) is 34.5. The van der Waals surface area contributed by atoms with Crippen LogP contribution in [0.15, 0.2) is 104 Å². The van der Waals surface area contributed by atoms with E-state index in [4.69, 9.17) is 22.6 Å². The molecule has 716 valence electrons. The number of imidazole rings is 1. The Morgan fingerprint density at radius 2 is 1.12 bits per heavy atom. The Morgan fingerprint density at radius 1 is 0.561 bits per heavy atom. The quantitative estimate of drug-likeness (QED) is 0.0196. The second-order valence-corrected chi connectivity index (χ2v) is 35.5. The van der Waals surface area contributed by atoms with Gasteiger partial charge in [0.2, 0.25) is 82.7 Å². The van der Waals surface area contributed by atoms with E-state index in [-0.39, 0.29) is 101 Å². The van der Waals surface area contributed by atoms with Crippen LogP contribution >= 0.6 is 11.8 Å². The normalized spacial score (nSPS) is 23.7. The van der Waals surface area contributed by atoms with Gasteiger partial charge in [0, 0.05) is 150 Å². The topological polar surface area (TPSA) is 585 Å². The molecule has 0 aliphatic carbocycles. The molecular weight excluding hydrogens is 1720 g/mol. The second kappa shape index (κ2) is 51.1. The average molecular weight is 1850 g/mol. The number of aromatic nitrogens is 4. The monoisotopic (exact) mass is 1850 g/mol. The minimum absolute atomic E-state index is 0.00632. The van der Waals surface area contributed by atoms with Gasteiger partial charge in [-0.2, -0.15) is 0 Å². The molecule has 2 aliphatic heterocycles. The van der Waals surface area contributed by atoms with E-state index < -0.39 is 229 Å². The maximum atomic E-state index is 15.7. The van der Waals surface area contributed by atoms with E-state index in [0.29, 0.717) is 69.9 Å². The maximum Gasteiger partial charge on any atom is 0.246 e. The zero-order chi connectivity index (χ0) is 96.6. The summed E-state index contributed by atoms with van der Waals surface area (Å²) in [6.07, 6.45) is 4.92. The van der Waals surface area contributed by atoms with Gasteiger partial charge < -0.3 is 104 Å². The van der Waals surface area contributed by atoms with Crippen molar-refractivity contribution in [1.82, 2.24) is 87.0 Å². The van der Waals surface area contributed by atoms with Gasteiger partial charge in [0.25, 0.3) is 0 Å². The highest BCUT2D eigenvalue weighted by Gasteiger charge is 2.44. The smallest absolute Gasteiger partial charge is 0.246 e. The van der Waals surface area contributed by atoms with Crippen LogP contribution in [0.3, 0.4) is 0 Å². The van der Waals surface area contributed by atoms with Crippen molar-refractivity contribution >= 4 is 140 Å². The number of hydrogen-bond acceptors (Lipinski definition) is 21. The molecule has 132 heavy (non-hydrogen) atoms. The van der Waals surface area contributed by atoms with E-state index in [1.807, 2.05) is 13.8 Å². The SMILES string of the molecule is CCCC[C@H]1C(=O)N(C)[C@@H](CCCC)C(=O)C[C@@H](CCCNC(=N)N)C(=O)N[C@H](C(=O)CCC(N)=O)CSCC(=O)N[C@@H](Cc2ccccc2)C(=O)N(C)[C@@H](C)C(=O)N[C@@H](CC(N)=O)C(=O)N2CCC[C@H]2C(=O)C[C@@H](Cc2cnc[nH]2)C(=O)N[C@@H](CC(C)C)C(=O)N(C)CC(=O)N[C@@H](Cc2c[nH]c3ccccc23)C(=O)N[C@@H](CO)C(=O)N[C@@H](Cc2c[nH]c3ccccc23)C(=O)N1C. The Morgan fingerprint density at radius 3 is 1.73 bits per heavy atom. The van der Waals surface area contributed by atoms with Gasteiger partial charge in [0.05, 0.1) is 55.7 Å². The highest BCUT2D eigenvalue weighted by molar-refractivity contribution is 8.00. The summed E-state index contributed by atoms with van der Waals surface area (Å²) in [6.45, 7) is 6.87. The van der Waals surface area contributed by atoms with E-state index in [1.165, 1.54) is 62.3 Å². The molecule has 5 heterocycles. The van der Waals surface area contributed by atoms with E-state index in [0.717, 1.165) is 21.6 Å². The van der Waals surface area contributed by atoms with Gasteiger partial charge in [-0.1, -0.05) is 120 Å². The van der Waals surface area contributed by atoms with Crippen molar-refractivity contribution in [3.63, 3.8) is 0 Å². The number of unbranched alkanes of at least 4 members (excludes halogenated alkanes) is 2. The molecule has 19 N–H and O–H groups in total. The van der Waals surface area contributed by atoms with Crippen LogP contribution < -0.4 is 59.7 Å². The van der Waals surface area contributed by atoms with Crippen molar-refractivity contribution in [2.45, 2.75) is 229 Å². The molecule has 0 bridgehead atoms. The van der Waals surface area contributed by atoms with Gasteiger partial charge in [-0.3, -0.25) is 86.9 Å². The van der Waals surface area contributed by atoms with Crippen molar-refractivity contribution < 1.29 is 86.6 Å². The molecule has 6 aromatic rings. The van der Waals surface area contributed by atoms with Crippen LogP contribution in [0.25, 0.3) is 21.8 Å². The fourth-order valence-electron chi connectivity index (χ4n) is 16.5. The third-order valence-electron chi connectivity index (χ3n) is 24.0. The predicted molar refractivity (Wildman–Crippen MR) is 493 cm³/mol. The van der Waals surface area contributed by atoms with E-state index in [1.54, 1.807) is 105 Å². The summed E-state index contributed by atoms with van der Waals surface area (Å²) >= 11 is 0.859. The number of ketones is 3. The Hall–Kier alpha value is -12.9. The van der Waals surface area contributed by atoms with Crippen molar-refractivity contribution in [2.24, 2.45) is 35.0 Å². The zero-order valence-electron chi connectivity index (χ0n) is 76.5. The average Bonchev–Trinajstić information content (AvgIpc) is 1.48. The molecule has 0 radical (unpaired) electrons. The molecular formula is C92H129N21O18S. The number of benzene rings is 3. The number of likely N-dealkylation sites (N-methyl/N-ethyl adjacent to an activating group) is 4. The highest BCUT2D eigenvalue weighted by atomic mass is 32.2. The van der Waals surface area contributed by atoms with Gasteiger partial charge in [-0.05, 0) is 86.6 Å². The molecule has 14 amide bonds. The lowest BCUT2D eigenvalue weighted by Gasteiger charge is -2.36. The number of carbonyl (C=O) groups is 17. The zero-order valence-corrected chi connectivity index (χ0v) is 77.3. The number of amides is 14. The van der Waals surface area contributed by atoms with Crippen LogP contribution in [0.4, 0.5) is 0 Å². The lowest BCUT2D eigenvalue weighted by atomic mass is 9.90. The van der Waals surface area contributed by atoms with E-state index in [9.17, 15) is 57.8 Å². The van der Waals surface area contributed by atoms with E-state index >= 15 is 28.8 Å². The summed E-state index contributed by atoms with van der Waals surface area (Å²) in [7, 11) is 5.36. The number of para-hydroxylation sites is 2. The molecule has 39 nitrogen and oxygen atoms in total. The van der Waals surface area contributed by atoms with E-state index in [2.05, 4.69) is 62.5 Å². The predicted octanol–water partition coefficient (Wildman–Crippen LogP) is 1.28. The molecule has 2 fully saturated rings. The first-order chi connectivity index (χ1) is 62.9. The molecule has 3 aromatic carbocycles. The van der Waals surface area contributed by atoms with Crippen LogP contribution in [-0.4, -0.2) is 288 Å². The molecule has 0 saturated carbocycles. The number of primary amides is 2. The number of fused-ring (bicyclic) bond motifs is 3. The van der Waals surface area contributed by atoms with Gasteiger partial charge in [0.15, 0.2) is 23.3 Å². The van der Waals surface area contributed by atoms with Crippen LogP contribution in [0, 0.1) is 23.2 Å². The Bertz CT molecular complexity index is 5040. The number of aliphatic hydroxyl groups is 1. The van der Waals surface area contributed by atoms with Crippen molar-refractivity contribution in [3.05, 3.63) is 126 Å². The summed E-state index contributed by atoms with van der Waals surface area (Å²) in [5.41, 5.74) is 20.3. The fourth-order valence-corrected chi connectivity index (χ4v) is 17.4. The van der Waals surface area contributed by atoms with Crippen LogP contribution in [-0.2, 0) is 107 Å². The summed E-state index contributed by atoms with van der Waals surface area (Å²) in [4.78, 5) is 268. The molecule has 2 aliphatic rings. The van der Waals surface area contributed by atoms with Crippen molar-refractivity contribution in [1.29, 1.82) is 5.41 Å². The molecule has 8 rings (SSSR count). The third-order valence-corrected chi connectivity index (χ3v) is 25.0. The van der Waals surface area contributed by atoms with Crippen molar-refractivity contribution in [2.75, 3.05) is 65.9 Å². The van der Waals surface area contributed by atoms with Crippen LogP contribution in [0.2, 0.25) is 0 Å². The third kappa shape index (κ3) is 30.3. The molecule has 3 aromatic heterocycles. The summed E-state index contributed by atoms with van der Waals surface area (Å²) in [6, 6.07) is 6.70. The first-order valence-electron chi connectivity index (χ1n) is 44.9. The lowest BCUT2D eigenvalue weighted by Crippen LogP contribution is -2.60. The summed E-state index contributed by atoms with van der Waals surface area (Å²) in [5, 5.41) is 42.0. The molecule has 0 spiro atoms. The first-order valence-corrected chi connectivity index (χ1v) is 46.1. The first kappa shape index (κ1) is 104. The van der Waals surface area contributed by atoms with Gasteiger partial charge in [0.1, 0.15) is 48.3 Å². The number of nitrogens with two attached hydrogens (primary N) is 3. The number of carbonyl (C=O) groups excluding carboxylic acids is 17. The lowest BCUT2D eigenvalue weighted by molar-refractivity contribution is -0.149. The minimum atomic E-state index is -1.83. The number of thioether (sulfide) groups is 1. The number of hydrogen-bond donors (Lipinski definition) is 16. The van der Waals surface area contributed by atoms with Crippen LogP contribution in [0.5, 0.6) is 0 Å². The molecule has 0 unspecified atom stereocenters. The maximum absolute atomic E-state index is 15.7. The van der Waals surface area contributed by atoms with Gasteiger partial charge in [-0.25, -0.2) is 4.98 Å². The number of aromatic amines is 3. The Balaban J connectivity index is 1.18. The minimum Gasteiger partial charge on any atom is -0.394 e. The highest BCUT2D eigenvalue weighted by Crippen LogP contribution is 2.29. The largest absolute Gasteiger partial charge is 0.394 e. The summed E-state index contributed by atoms with van der Waals surface area (Å²) in [5.74, 6) is -17.9. The van der Waals surface area contributed by atoms with Crippen molar-refractivity contribution in [3.8, 4) is 0 Å². The number of nitrogens with zero attached hydrogens (tertiary/aromatic N) is 6. The Kier molecular flexibility index (Phi) is 40.4. The molecule has 2 saturated heterocycles. The number of rotatable bonds is 27. The Labute approximate surface area is 771 Å². The van der Waals surface area contributed by atoms with Gasteiger partial charge >= 0.3 is 0 Å².